The Balaban J connectivity index is 1.40. The normalized spacial score (nSPS) is 20.1. The van der Waals surface area contributed by atoms with Gasteiger partial charge in [-0.3, -0.25) is 28.6 Å². The van der Waals surface area contributed by atoms with Crippen LogP contribution in [-0.4, -0.2) is 102 Å². The summed E-state index contributed by atoms with van der Waals surface area (Å²) < 4.78 is 1.65. The molecule has 0 aromatic carbocycles. The van der Waals surface area contributed by atoms with E-state index in [0.29, 0.717) is 69.0 Å². The van der Waals surface area contributed by atoms with Crippen LogP contribution < -0.4 is 5.32 Å². The number of hydrogen-bond donors (Lipinski definition) is 1. The van der Waals surface area contributed by atoms with Crippen LogP contribution in [0, 0.1) is 12.8 Å². The number of pyridine rings is 1. The quantitative estimate of drug-likeness (QED) is 0.474. The molecule has 0 saturated carbocycles. The molecule has 2 atom stereocenters. The molecule has 0 aliphatic carbocycles. The summed E-state index contributed by atoms with van der Waals surface area (Å²) in [5, 5.41) is 3.02. The molecular weight excluding hydrogens is 560 g/mol. The highest BCUT2D eigenvalue weighted by molar-refractivity contribution is 5.98. The van der Waals surface area contributed by atoms with Gasteiger partial charge in [-0.2, -0.15) is 0 Å². The molecule has 2 bridgehead atoms. The predicted octanol–water partition coefficient (Wildman–Crippen LogP) is 2.26. The van der Waals surface area contributed by atoms with Crippen LogP contribution in [0.15, 0.2) is 43.0 Å². The summed E-state index contributed by atoms with van der Waals surface area (Å²) in [6, 6.07) is 4.40. The number of rotatable bonds is 5. The van der Waals surface area contributed by atoms with Crippen LogP contribution in [0.25, 0.3) is 5.78 Å². The third-order valence-electron chi connectivity index (χ3n) is 8.38. The van der Waals surface area contributed by atoms with Gasteiger partial charge in [0.1, 0.15) is 11.7 Å². The lowest BCUT2D eigenvalue weighted by Gasteiger charge is -2.31. The standard InChI is InChI=1S/C32H42N8O4/c1-22(2)17-28(42)38-16-8-14-37(27(41)18-24-9-6-10-33-20-24)13-5-4-11-34-30(43)26-19-25(38)21-40(26)31(44)29-23(3)36-32-35-12-7-15-39(29)32/h6-7,9-10,12,15,20,22,25-26H,4-5,8,11,13-14,16-19,21H2,1-3H3,(H,34,43)/t25-,26-/m0/s1. The number of nitrogens with zero attached hydrogens (tertiary/aromatic N) is 7. The van der Waals surface area contributed by atoms with Gasteiger partial charge in [-0.1, -0.05) is 19.9 Å². The molecule has 0 spiro atoms. The number of hydrogen-bond acceptors (Lipinski definition) is 7. The highest BCUT2D eigenvalue weighted by Gasteiger charge is 2.44. The number of aryl methyl sites for hydroxylation is 1. The Bertz CT molecular complexity index is 1490. The molecule has 2 aliphatic rings. The van der Waals surface area contributed by atoms with Gasteiger partial charge in [0.15, 0.2) is 0 Å². The van der Waals surface area contributed by atoms with Crippen LogP contribution in [0.5, 0.6) is 0 Å². The Morgan fingerprint density at radius 1 is 1.02 bits per heavy atom. The minimum Gasteiger partial charge on any atom is -0.354 e. The molecule has 0 unspecified atom stereocenters. The molecule has 12 nitrogen and oxygen atoms in total. The van der Waals surface area contributed by atoms with E-state index in [1.165, 1.54) is 0 Å². The minimum atomic E-state index is -0.719. The first-order valence-electron chi connectivity index (χ1n) is 15.6. The molecule has 3 aromatic heterocycles. The molecule has 234 valence electrons. The molecule has 2 aliphatic heterocycles. The number of fused-ring (bicyclic) bond motifs is 3. The Morgan fingerprint density at radius 3 is 2.61 bits per heavy atom. The second-order valence-corrected chi connectivity index (χ2v) is 12.2. The van der Waals surface area contributed by atoms with E-state index in [4.69, 9.17) is 0 Å². The maximum atomic E-state index is 14.1. The average Bonchev–Trinajstić information content (AvgIpc) is 3.58. The number of aromatic nitrogens is 4. The van der Waals surface area contributed by atoms with Gasteiger partial charge in [0.25, 0.3) is 5.91 Å². The number of imidazole rings is 1. The molecular formula is C32H42N8O4. The first-order chi connectivity index (χ1) is 21.2. The van der Waals surface area contributed by atoms with Crippen LogP contribution in [0.4, 0.5) is 0 Å². The van der Waals surface area contributed by atoms with Gasteiger partial charge in [-0.25, -0.2) is 9.97 Å². The van der Waals surface area contributed by atoms with E-state index in [9.17, 15) is 19.2 Å². The molecule has 44 heavy (non-hydrogen) atoms. The van der Waals surface area contributed by atoms with Crippen molar-refractivity contribution in [2.75, 3.05) is 32.7 Å². The van der Waals surface area contributed by atoms with Crippen molar-refractivity contribution >= 4 is 29.4 Å². The molecule has 5 heterocycles. The molecule has 2 saturated heterocycles. The Hall–Kier alpha value is -4.35. The van der Waals surface area contributed by atoms with Gasteiger partial charge < -0.3 is 20.0 Å². The number of nitrogens with one attached hydrogen (secondary N) is 1. The SMILES string of the molecule is Cc1nc2ncccn2c1C(=O)N1C[C@@H]2C[C@H]1C(=O)NCCCCN(C(=O)Cc1cccnc1)CCCN2C(=O)CC(C)C. The summed E-state index contributed by atoms with van der Waals surface area (Å²) in [5.74, 6) is 0.0416. The molecule has 2 fully saturated rings. The zero-order valence-corrected chi connectivity index (χ0v) is 25.8. The van der Waals surface area contributed by atoms with Gasteiger partial charge in [0.05, 0.1) is 18.2 Å². The molecule has 4 amide bonds. The lowest BCUT2D eigenvalue weighted by Crippen LogP contribution is -2.46. The highest BCUT2D eigenvalue weighted by Crippen LogP contribution is 2.27. The predicted molar refractivity (Wildman–Crippen MR) is 164 cm³/mol. The Morgan fingerprint density at radius 2 is 1.84 bits per heavy atom. The van der Waals surface area contributed by atoms with Crippen molar-refractivity contribution in [1.82, 2.24) is 39.4 Å². The summed E-state index contributed by atoms with van der Waals surface area (Å²) in [4.78, 5) is 72.8. The fourth-order valence-corrected chi connectivity index (χ4v) is 6.22. The van der Waals surface area contributed by atoms with E-state index in [2.05, 4.69) is 20.3 Å². The van der Waals surface area contributed by atoms with Crippen LogP contribution in [0.2, 0.25) is 0 Å². The Kier molecular flexibility index (Phi) is 9.86. The highest BCUT2D eigenvalue weighted by atomic mass is 16.2. The summed E-state index contributed by atoms with van der Waals surface area (Å²) in [6.07, 6.45) is 9.75. The third-order valence-corrected chi connectivity index (χ3v) is 8.38. The van der Waals surface area contributed by atoms with E-state index in [1.807, 2.05) is 35.8 Å². The molecule has 5 rings (SSSR count). The van der Waals surface area contributed by atoms with Gasteiger partial charge in [-0.15, -0.1) is 0 Å². The van der Waals surface area contributed by atoms with E-state index < -0.39 is 6.04 Å². The second-order valence-electron chi connectivity index (χ2n) is 12.2. The van der Waals surface area contributed by atoms with Gasteiger partial charge in [0, 0.05) is 63.9 Å². The fraction of sp³-hybridized carbons (Fsp3) is 0.531. The average molecular weight is 603 g/mol. The minimum absolute atomic E-state index is 0.00558. The van der Waals surface area contributed by atoms with Crippen molar-refractivity contribution in [1.29, 1.82) is 0 Å². The van der Waals surface area contributed by atoms with Crippen molar-refractivity contribution in [2.24, 2.45) is 5.92 Å². The first-order valence-corrected chi connectivity index (χ1v) is 15.6. The molecule has 12 heteroatoms. The summed E-state index contributed by atoms with van der Waals surface area (Å²) in [6.45, 7) is 7.95. The largest absolute Gasteiger partial charge is 0.354 e. The maximum Gasteiger partial charge on any atom is 0.273 e. The van der Waals surface area contributed by atoms with Crippen molar-refractivity contribution in [3.8, 4) is 0 Å². The summed E-state index contributed by atoms with van der Waals surface area (Å²) in [5.41, 5.74) is 1.76. The van der Waals surface area contributed by atoms with Gasteiger partial charge in [-0.05, 0) is 56.2 Å². The zero-order valence-electron chi connectivity index (χ0n) is 25.8. The van der Waals surface area contributed by atoms with Crippen molar-refractivity contribution in [3.05, 3.63) is 59.9 Å². The number of carbonyl (C=O) groups is 4. The topological polar surface area (TPSA) is 133 Å². The van der Waals surface area contributed by atoms with Crippen LogP contribution in [0.1, 0.15) is 67.7 Å². The first kappa shape index (κ1) is 31.1. The molecule has 3 aromatic rings. The van der Waals surface area contributed by atoms with Crippen LogP contribution in [-0.2, 0) is 20.8 Å². The third kappa shape index (κ3) is 7.06. The van der Waals surface area contributed by atoms with Crippen LogP contribution in [0.3, 0.4) is 0 Å². The van der Waals surface area contributed by atoms with Gasteiger partial charge >= 0.3 is 0 Å². The second kappa shape index (κ2) is 14.0. The monoisotopic (exact) mass is 602 g/mol. The molecule has 1 N–H and O–H groups in total. The van der Waals surface area contributed by atoms with E-state index >= 15 is 0 Å². The summed E-state index contributed by atoms with van der Waals surface area (Å²) in [7, 11) is 0. The van der Waals surface area contributed by atoms with E-state index in [-0.39, 0.29) is 48.6 Å². The van der Waals surface area contributed by atoms with Crippen LogP contribution >= 0.6 is 0 Å². The zero-order chi connectivity index (χ0) is 31.2. The molecule has 0 radical (unpaired) electrons. The lowest BCUT2D eigenvalue weighted by molar-refractivity contribution is -0.134. The van der Waals surface area contributed by atoms with Crippen molar-refractivity contribution < 1.29 is 19.2 Å². The lowest BCUT2D eigenvalue weighted by atomic mass is 10.1. The van der Waals surface area contributed by atoms with Gasteiger partial charge in [0.2, 0.25) is 23.5 Å². The number of carbonyl (C=O) groups excluding carboxylic acids is 4. The van der Waals surface area contributed by atoms with E-state index in [0.717, 1.165) is 12.0 Å². The van der Waals surface area contributed by atoms with Crippen molar-refractivity contribution in [2.45, 2.75) is 71.4 Å². The fourth-order valence-electron chi connectivity index (χ4n) is 6.22. The maximum absolute atomic E-state index is 14.1. The van der Waals surface area contributed by atoms with E-state index in [1.54, 1.807) is 47.1 Å². The Labute approximate surface area is 257 Å². The number of likely N-dealkylation sites (tertiary alicyclic amines) is 1. The summed E-state index contributed by atoms with van der Waals surface area (Å²) >= 11 is 0. The smallest absolute Gasteiger partial charge is 0.273 e. The number of amides is 4. The van der Waals surface area contributed by atoms with Crippen molar-refractivity contribution in [3.63, 3.8) is 0 Å².